The molecule has 2 aliphatic rings. The number of fused-ring (bicyclic) bond motifs is 1. The van der Waals surface area contributed by atoms with Gasteiger partial charge in [-0.2, -0.15) is 0 Å². The Labute approximate surface area is 83.6 Å². The van der Waals surface area contributed by atoms with Crippen LogP contribution in [0.25, 0.3) is 0 Å². The van der Waals surface area contributed by atoms with Gasteiger partial charge in [0.1, 0.15) is 5.84 Å². The van der Waals surface area contributed by atoms with E-state index in [1.807, 2.05) is 12.3 Å². The Morgan fingerprint density at radius 1 is 1.29 bits per heavy atom. The number of aliphatic imine (C=N–C) groups is 1. The van der Waals surface area contributed by atoms with Crippen LogP contribution >= 0.6 is 0 Å². The van der Waals surface area contributed by atoms with Crippen molar-refractivity contribution < 1.29 is 0 Å². The van der Waals surface area contributed by atoms with E-state index in [1.54, 1.807) is 0 Å². The lowest BCUT2D eigenvalue weighted by atomic mass is 9.92. The average molecular weight is 189 g/mol. The lowest BCUT2D eigenvalue weighted by Crippen LogP contribution is -2.37. The molecule has 1 fully saturated rings. The predicted octanol–water partition coefficient (Wildman–Crippen LogP) is 1.68. The Morgan fingerprint density at radius 2 is 2.21 bits per heavy atom. The molecular weight excluding hydrogens is 174 g/mol. The summed E-state index contributed by atoms with van der Waals surface area (Å²) in [7, 11) is 0. The molecule has 0 aromatic carbocycles. The van der Waals surface area contributed by atoms with Gasteiger partial charge in [-0.3, -0.25) is 4.99 Å². The van der Waals surface area contributed by atoms with E-state index >= 15 is 0 Å². The van der Waals surface area contributed by atoms with E-state index in [1.165, 1.54) is 25.7 Å². The lowest BCUT2D eigenvalue weighted by molar-refractivity contribution is 0.385. The van der Waals surface area contributed by atoms with Crippen LogP contribution in [0.1, 0.15) is 31.4 Å². The zero-order valence-electron chi connectivity index (χ0n) is 8.16. The van der Waals surface area contributed by atoms with Crippen LogP contribution in [0.3, 0.4) is 0 Å². The molecule has 3 nitrogen and oxygen atoms in total. The first-order valence-electron chi connectivity index (χ1n) is 5.41. The Morgan fingerprint density at radius 3 is 3.00 bits per heavy atom. The minimum atomic E-state index is 0.530. The first kappa shape index (κ1) is 8.09. The molecule has 2 atom stereocenters. The quantitative estimate of drug-likeness (QED) is 0.693. The summed E-state index contributed by atoms with van der Waals surface area (Å²) < 4.78 is 0. The molecule has 1 aliphatic heterocycles. The van der Waals surface area contributed by atoms with Gasteiger partial charge in [0.05, 0.1) is 17.8 Å². The van der Waals surface area contributed by atoms with Gasteiger partial charge in [0.25, 0.3) is 0 Å². The van der Waals surface area contributed by atoms with Crippen LogP contribution in [-0.4, -0.2) is 22.9 Å². The van der Waals surface area contributed by atoms with Crippen molar-refractivity contribution in [1.82, 2.24) is 10.3 Å². The summed E-state index contributed by atoms with van der Waals surface area (Å²) in [5, 5.41) is 3.51. The second kappa shape index (κ2) is 3.15. The number of rotatable bonds is 1. The Hall–Kier alpha value is -1.25. The monoisotopic (exact) mass is 189 g/mol. The highest BCUT2D eigenvalue weighted by Crippen LogP contribution is 2.25. The van der Waals surface area contributed by atoms with Crippen molar-refractivity contribution in [3.8, 4) is 0 Å². The molecule has 14 heavy (non-hydrogen) atoms. The minimum absolute atomic E-state index is 0.530. The fraction of sp³-hybridized carbons (Fsp3) is 0.545. The standard InChI is InChI=1S/C11H15N3/c1-2-5-9-8(4-1)13-11(14-9)10-6-3-7-12-10/h3,6-9,12H,1-2,4-5H2,(H,13,14)/t8-,9-/m1/s1. The summed E-state index contributed by atoms with van der Waals surface area (Å²) in [6.45, 7) is 0. The van der Waals surface area contributed by atoms with Crippen molar-refractivity contribution in [2.75, 3.05) is 0 Å². The number of amidine groups is 1. The average Bonchev–Trinajstić information content (AvgIpc) is 2.86. The SMILES string of the molecule is c1c[nH]c(C2=N[C@@H]3CCCC[C@H]3N2)c1. The number of hydrogen-bond donors (Lipinski definition) is 2. The van der Waals surface area contributed by atoms with E-state index in [4.69, 9.17) is 4.99 Å². The molecule has 0 unspecified atom stereocenters. The molecule has 1 aromatic rings. The van der Waals surface area contributed by atoms with E-state index in [0.29, 0.717) is 12.1 Å². The molecule has 0 saturated heterocycles. The topological polar surface area (TPSA) is 40.2 Å². The number of nitrogens with one attached hydrogen (secondary N) is 2. The van der Waals surface area contributed by atoms with Crippen LogP contribution in [0.15, 0.2) is 23.3 Å². The number of nitrogens with zero attached hydrogens (tertiary/aromatic N) is 1. The van der Waals surface area contributed by atoms with E-state index in [-0.39, 0.29) is 0 Å². The van der Waals surface area contributed by atoms with Crippen molar-refractivity contribution in [1.29, 1.82) is 0 Å². The lowest BCUT2D eigenvalue weighted by Gasteiger charge is -2.23. The number of hydrogen-bond acceptors (Lipinski definition) is 2. The second-order valence-electron chi connectivity index (χ2n) is 4.16. The third-order valence-electron chi connectivity index (χ3n) is 3.20. The molecule has 0 bridgehead atoms. The van der Waals surface area contributed by atoms with Crippen molar-refractivity contribution in [3.63, 3.8) is 0 Å². The molecule has 2 N–H and O–H groups in total. The molecule has 1 aromatic heterocycles. The van der Waals surface area contributed by atoms with Crippen LogP contribution in [0.2, 0.25) is 0 Å². The summed E-state index contributed by atoms with van der Waals surface area (Å²) in [5.41, 5.74) is 1.12. The van der Waals surface area contributed by atoms with Crippen LogP contribution in [0.5, 0.6) is 0 Å². The summed E-state index contributed by atoms with van der Waals surface area (Å²) in [6.07, 6.45) is 7.16. The summed E-state index contributed by atoms with van der Waals surface area (Å²) >= 11 is 0. The normalized spacial score (nSPS) is 30.7. The summed E-state index contributed by atoms with van der Waals surface area (Å²) in [6, 6.07) is 5.22. The van der Waals surface area contributed by atoms with Crippen LogP contribution in [0, 0.1) is 0 Å². The fourth-order valence-electron chi connectivity index (χ4n) is 2.44. The van der Waals surface area contributed by atoms with Crippen LogP contribution in [0.4, 0.5) is 0 Å². The predicted molar refractivity (Wildman–Crippen MR) is 56.5 cm³/mol. The minimum Gasteiger partial charge on any atom is -0.364 e. The third kappa shape index (κ3) is 1.24. The highest BCUT2D eigenvalue weighted by Gasteiger charge is 2.31. The van der Waals surface area contributed by atoms with Crippen molar-refractivity contribution in [2.45, 2.75) is 37.8 Å². The molecule has 0 spiro atoms. The van der Waals surface area contributed by atoms with E-state index in [0.717, 1.165) is 11.5 Å². The molecule has 0 radical (unpaired) electrons. The fourth-order valence-corrected chi connectivity index (χ4v) is 2.44. The first-order chi connectivity index (χ1) is 6.93. The maximum absolute atomic E-state index is 4.73. The third-order valence-corrected chi connectivity index (χ3v) is 3.20. The number of H-pyrrole nitrogens is 1. The van der Waals surface area contributed by atoms with Crippen LogP contribution < -0.4 is 5.32 Å². The maximum Gasteiger partial charge on any atom is 0.145 e. The Balaban J connectivity index is 1.83. The van der Waals surface area contributed by atoms with Gasteiger partial charge in [0, 0.05) is 6.20 Å². The molecular formula is C11H15N3. The number of aromatic amines is 1. The van der Waals surface area contributed by atoms with Crippen molar-refractivity contribution >= 4 is 5.84 Å². The largest absolute Gasteiger partial charge is 0.364 e. The van der Waals surface area contributed by atoms with Crippen molar-refractivity contribution in [2.24, 2.45) is 4.99 Å². The van der Waals surface area contributed by atoms with Gasteiger partial charge in [-0.15, -0.1) is 0 Å². The maximum atomic E-state index is 4.73. The Bertz CT molecular complexity index is 339. The number of aromatic nitrogens is 1. The van der Waals surface area contributed by atoms with Gasteiger partial charge in [0.15, 0.2) is 0 Å². The van der Waals surface area contributed by atoms with Crippen LogP contribution in [-0.2, 0) is 0 Å². The van der Waals surface area contributed by atoms with E-state index in [9.17, 15) is 0 Å². The van der Waals surface area contributed by atoms with Gasteiger partial charge in [-0.1, -0.05) is 12.8 Å². The van der Waals surface area contributed by atoms with E-state index in [2.05, 4.69) is 16.4 Å². The van der Waals surface area contributed by atoms with Crippen molar-refractivity contribution in [3.05, 3.63) is 24.0 Å². The molecule has 3 rings (SSSR count). The van der Waals surface area contributed by atoms with E-state index < -0.39 is 0 Å². The molecule has 0 amide bonds. The van der Waals surface area contributed by atoms with Gasteiger partial charge < -0.3 is 10.3 Å². The molecule has 3 heteroatoms. The first-order valence-corrected chi connectivity index (χ1v) is 5.41. The highest BCUT2D eigenvalue weighted by molar-refractivity contribution is 5.98. The van der Waals surface area contributed by atoms with Gasteiger partial charge >= 0.3 is 0 Å². The zero-order valence-corrected chi connectivity index (χ0v) is 8.16. The van der Waals surface area contributed by atoms with Gasteiger partial charge in [-0.25, -0.2) is 0 Å². The Kier molecular flexibility index (Phi) is 1.82. The smallest absolute Gasteiger partial charge is 0.145 e. The molecule has 74 valence electrons. The summed E-state index contributed by atoms with van der Waals surface area (Å²) in [5.74, 6) is 1.06. The van der Waals surface area contributed by atoms with Gasteiger partial charge in [0.2, 0.25) is 0 Å². The second-order valence-corrected chi connectivity index (χ2v) is 4.16. The molecule has 2 heterocycles. The molecule has 1 aliphatic carbocycles. The zero-order chi connectivity index (χ0) is 9.38. The highest BCUT2D eigenvalue weighted by atomic mass is 15.1. The van der Waals surface area contributed by atoms with Gasteiger partial charge in [-0.05, 0) is 25.0 Å². The summed E-state index contributed by atoms with van der Waals surface area (Å²) in [4.78, 5) is 7.92. The molecule has 1 saturated carbocycles.